The van der Waals surface area contributed by atoms with E-state index in [0.29, 0.717) is 11.7 Å². The monoisotopic (exact) mass is 463 g/mol. The molecule has 3 aliphatic rings. The van der Waals surface area contributed by atoms with Gasteiger partial charge in [-0.25, -0.2) is 4.39 Å². The van der Waals surface area contributed by atoms with Crippen molar-refractivity contribution in [3.63, 3.8) is 0 Å². The number of hydrogen-bond donors (Lipinski definition) is 0. The van der Waals surface area contributed by atoms with Crippen LogP contribution in [0.15, 0.2) is 28.7 Å². The topological polar surface area (TPSA) is 69.6 Å². The molecule has 6 rings (SSSR count). The molecule has 176 valence electrons. The van der Waals surface area contributed by atoms with E-state index in [1.807, 2.05) is 0 Å². The maximum Gasteiger partial charge on any atom is 0.417 e. The summed E-state index contributed by atoms with van der Waals surface area (Å²) in [6.45, 7) is 1.73. The Morgan fingerprint density at radius 2 is 1.61 bits per heavy atom. The Hall–Kier alpha value is -2.78. The molecule has 2 bridgehead atoms. The van der Waals surface area contributed by atoms with Crippen LogP contribution < -0.4 is 0 Å². The molecule has 0 spiro atoms. The van der Waals surface area contributed by atoms with Crippen molar-refractivity contribution in [1.82, 2.24) is 25.0 Å². The molecule has 2 heterocycles. The number of nitrogens with zero attached hydrogens (tertiary/aromatic N) is 5. The lowest BCUT2D eigenvalue weighted by Gasteiger charge is -2.51. The maximum absolute atomic E-state index is 14.0. The van der Waals surface area contributed by atoms with Crippen molar-refractivity contribution in [3.05, 3.63) is 47.4 Å². The standard InChI is InChI=1S/C23H25F4N5O/c1-3-16(24)18-29-31-20(33-18)22-11-8-21(9-12-22,10-13-22)19-30-28-17(32(19)2)14-6-4-5-7-15(14)23(25,26)27/h4-7,16H,3,8-13H2,1-2H3. The average Bonchev–Trinajstić information content (AvgIpc) is 3.47. The molecule has 1 atom stereocenters. The summed E-state index contributed by atoms with van der Waals surface area (Å²) in [6, 6.07) is 5.45. The summed E-state index contributed by atoms with van der Waals surface area (Å²) in [5, 5.41) is 16.7. The third kappa shape index (κ3) is 3.45. The molecule has 0 amide bonds. The van der Waals surface area contributed by atoms with Gasteiger partial charge in [-0.1, -0.05) is 25.1 Å². The Labute approximate surface area is 188 Å². The third-order valence-electron chi connectivity index (χ3n) is 7.59. The molecule has 3 fully saturated rings. The Kier molecular flexibility index (Phi) is 5.10. The van der Waals surface area contributed by atoms with Gasteiger partial charge in [0.25, 0.3) is 5.89 Å². The Balaban J connectivity index is 1.43. The second-order valence-corrected chi connectivity index (χ2v) is 9.33. The van der Waals surface area contributed by atoms with E-state index >= 15 is 0 Å². The summed E-state index contributed by atoms with van der Waals surface area (Å²) in [5.74, 6) is 1.46. The minimum atomic E-state index is -4.48. The van der Waals surface area contributed by atoms with Crippen LogP contribution in [0.1, 0.15) is 81.2 Å². The second kappa shape index (κ2) is 7.63. The Morgan fingerprint density at radius 1 is 0.970 bits per heavy atom. The van der Waals surface area contributed by atoms with E-state index in [-0.39, 0.29) is 34.5 Å². The van der Waals surface area contributed by atoms with E-state index in [2.05, 4.69) is 20.4 Å². The van der Waals surface area contributed by atoms with Gasteiger partial charge in [0.15, 0.2) is 12.0 Å². The number of hydrogen-bond acceptors (Lipinski definition) is 5. The lowest BCUT2D eigenvalue weighted by atomic mass is 9.53. The smallest absolute Gasteiger partial charge is 0.417 e. The SMILES string of the molecule is CCC(F)c1nnc(C23CCC(c4nnc(-c5ccccc5C(F)(F)F)n4C)(CC2)CC3)o1. The first kappa shape index (κ1) is 22.0. The van der Waals surface area contributed by atoms with Crippen LogP contribution in [0.4, 0.5) is 17.6 Å². The van der Waals surface area contributed by atoms with Gasteiger partial charge in [0, 0.05) is 23.4 Å². The van der Waals surface area contributed by atoms with Gasteiger partial charge in [-0.15, -0.1) is 20.4 Å². The first-order valence-electron chi connectivity index (χ1n) is 11.2. The lowest BCUT2D eigenvalue weighted by molar-refractivity contribution is -0.137. The highest BCUT2D eigenvalue weighted by atomic mass is 19.4. The summed E-state index contributed by atoms with van der Waals surface area (Å²) in [4.78, 5) is 0. The quantitative estimate of drug-likeness (QED) is 0.444. The molecule has 0 saturated heterocycles. The number of halogens is 4. The van der Waals surface area contributed by atoms with Crippen LogP contribution in [0, 0.1) is 0 Å². The van der Waals surface area contributed by atoms with Crippen LogP contribution >= 0.6 is 0 Å². The number of fused-ring (bicyclic) bond motifs is 3. The van der Waals surface area contributed by atoms with Gasteiger partial charge in [0.2, 0.25) is 5.89 Å². The van der Waals surface area contributed by atoms with Gasteiger partial charge in [-0.3, -0.25) is 0 Å². The van der Waals surface area contributed by atoms with Crippen LogP contribution in [-0.2, 0) is 24.1 Å². The molecule has 0 aliphatic heterocycles. The molecule has 1 unspecified atom stereocenters. The molecule has 33 heavy (non-hydrogen) atoms. The summed E-state index contributed by atoms with van der Waals surface area (Å²) < 4.78 is 62.1. The highest BCUT2D eigenvalue weighted by molar-refractivity contribution is 5.61. The van der Waals surface area contributed by atoms with Crippen molar-refractivity contribution in [1.29, 1.82) is 0 Å². The van der Waals surface area contributed by atoms with E-state index in [9.17, 15) is 17.6 Å². The fourth-order valence-corrected chi connectivity index (χ4v) is 5.54. The molecule has 1 aromatic carbocycles. The van der Waals surface area contributed by atoms with Crippen LogP contribution in [0.5, 0.6) is 0 Å². The molecule has 3 aromatic rings. The highest BCUT2D eigenvalue weighted by Gasteiger charge is 2.54. The molecule has 0 radical (unpaired) electrons. The number of rotatable bonds is 5. The highest BCUT2D eigenvalue weighted by Crippen LogP contribution is 2.58. The zero-order chi connectivity index (χ0) is 23.4. The van der Waals surface area contributed by atoms with Crippen LogP contribution in [0.25, 0.3) is 11.4 Å². The van der Waals surface area contributed by atoms with Gasteiger partial charge in [-0.2, -0.15) is 13.2 Å². The van der Waals surface area contributed by atoms with E-state index in [4.69, 9.17) is 4.42 Å². The maximum atomic E-state index is 14.0. The van der Waals surface area contributed by atoms with E-state index in [0.717, 1.165) is 44.6 Å². The van der Waals surface area contributed by atoms with E-state index in [1.54, 1.807) is 24.6 Å². The number of alkyl halides is 4. The van der Waals surface area contributed by atoms with Gasteiger partial charge in [0.05, 0.1) is 5.56 Å². The zero-order valence-electron chi connectivity index (χ0n) is 18.5. The average molecular weight is 463 g/mol. The molecule has 6 nitrogen and oxygen atoms in total. The summed E-state index contributed by atoms with van der Waals surface area (Å²) in [6.07, 6.45) is -0.777. The minimum Gasteiger partial charge on any atom is -0.421 e. The first-order valence-corrected chi connectivity index (χ1v) is 11.2. The van der Waals surface area contributed by atoms with E-state index in [1.165, 1.54) is 12.1 Å². The van der Waals surface area contributed by atoms with Crippen LogP contribution in [0.2, 0.25) is 0 Å². The normalized spacial score (nSPS) is 26.0. The molecule has 3 saturated carbocycles. The predicted octanol–water partition coefficient (Wildman–Crippen LogP) is 5.85. The van der Waals surface area contributed by atoms with Crippen molar-refractivity contribution < 1.29 is 22.0 Å². The van der Waals surface area contributed by atoms with Gasteiger partial charge >= 0.3 is 6.18 Å². The number of benzene rings is 1. The molecule has 3 aliphatic carbocycles. The van der Waals surface area contributed by atoms with Crippen LogP contribution in [-0.4, -0.2) is 25.0 Å². The molecule has 10 heteroatoms. The van der Waals surface area contributed by atoms with Crippen molar-refractivity contribution >= 4 is 0 Å². The fourth-order valence-electron chi connectivity index (χ4n) is 5.54. The first-order chi connectivity index (χ1) is 15.7. The molecule has 0 N–H and O–H groups in total. The van der Waals surface area contributed by atoms with Gasteiger partial charge in [-0.05, 0) is 51.0 Å². The molecular weight excluding hydrogens is 438 g/mol. The van der Waals surface area contributed by atoms with Gasteiger partial charge in [0.1, 0.15) is 5.82 Å². The second-order valence-electron chi connectivity index (χ2n) is 9.33. The summed E-state index contributed by atoms with van der Waals surface area (Å²) in [7, 11) is 1.74. The predicted molar refractivity (Wildman–Crippen MR) is 111 cm³/mol. The van der Waals surface area contributed by atoms with Crippen molar-refractivity contribution in [3.8, 4) is 11.4 Å². The minimum absolute atomic E-state index is 0.0266. The molecule has 2 aromatic heterocycles. The fraction of sp³-hybridized carbons (Fsp3) is 0.565. The number of aromatic nitrogens is 5. The van der Waals surface area contributed by atoms with Crippen molar-refractivity contribution in [2.45, 2.75) is 75.0 Å². The van der Waals surface area contributed by atoms with Crippen molar-refractivity contribution in [2.75, 3.05) is 0 Å². The van der Waals surface area contributed by atoms with Gasteiger partial charge < -0.3 is 8.98 Å². The van der Waals surface area contributed by atoms with Crippen LogP contribution in [0.3, 0.4) is 0 Å². The Bertz CT molecular complexity index is 1140. The molecular formula is C23H25F4N5O. The van der Waals surface area contributed by atoms with E-state index < -0.39 is 17.9 Å². The lowest BCUT2D eigenvalue weighted by Crippen LogP contribution is -2.47. The Morgan fingerprint density at radius 3 is 2.24 bits per heavy atom. The largest absolute Gasteiger partial charge is 0.421 e. The summed E-state index contributed by atoms with van der Waals surface area (Å²) in [5.41, 5.74) is -1.23. The van der Waals surface area contributed by atoms with Crippen molar-refractivity contribution in [2.24, 2.45) is 7.05 Å². The third-order valence-corrected chi connectivity index (χ3v) is 7.59. The zero-order valence-corrected chi connectivity index (χ0v) is 18.5. The summed E-state index contributed by atoms with van der Waals surface area (Å²) >= 11 is 0.